The highest BCUT2D eigenvalue weighted by molar-refractivity contribution is 6.04. The fourth-order valence-electron chi connectivity index (χ4n) is 1.99. The van der Waals surface area contributed by atoms with Crippen molar-refractivity contribution in [3.63, 3.8) is 0 Å². The Labute approximate surface area is 121 Å². The highest BCUT2D eigenvalue weighted by Gasteiger charge is 2.17. The quantitative estimate of drug-likeness (QED) is 0.744. The Morgan fingerprint density at radius 2 is 2.10 bits per heavy atom. The van der Waals surface area contributed by atoms with Gasteiger partial charge >= 0.3 is 5.97 Å². The van der Waals surface area contributed by atoms with E-state index in [0.717, 1.165) is 0 Å². The number of hydrogen-bond acceptors (Lipinski definition) is 5. The number of pyridine rings is 1. The van der Waals surface area contributed by atoms with Crippen LogP contribution in [0.5, 0.6) is 0 Å². The van der Waals surface area contributed by atoms with Crippen LogP contribution < -0.4 is 10.6 Å². The van der Waals surface area contributed by atoms with Crippen LogP contribution in [0.2, 0.25) is 0 Å². The van der Waals surface area contributed by atoms with Gasteiger partial charge in [-0.05, 0) is 13.8 Å². The number of anilines is 1. The van der Waals surface area contributed by atoms with Gasteiger partial charge in [0.05, 0.1) is 23.8 Å². The molecule has 0 bridgehead atoms. The predicted octanol–water partition coefficient (Wildman–Crippen LogP) is 0.603. The molecule has 2 aromatic rings. The number of carboxylic acids is 1. The monoisotopic (exact) mass is 291 g/mol. The largest absolute Gasteiger partial charge is 0.478 e. The summed E-state index contributed by atoms with van der Waals surface area (Å²) < 4.78 is 1.54. The van der Waals surface area contributed by atoms with E-state index in [0.29, 0.717) is 16.7 Å². The van der Waals surface area contributed by atoms with Gasteiger partial charge in [0.1, 0.15) is 5.56 Å². The number of fused-ring (bicyclic) bond motifs is 1. The summed E-state index contributed by atoms with van der Waals surface area (Å²) in [5.41, 5.74) is 0.902. The summed E-state index contributed by atoms with van der Waals surface area (Å²) in [6, 6.07) is 0.0223. The van der Waals surface area contributed by atoms with E-state index in [1.165, 1.54) is 12.4 Å². The van der Waals surface area contributed by atoms with E-state index in [4.69, 9.17) is 0 Å². The Kier molecular flexibility index (Phi) is 4.06. The van der Waals surface area contributed by atoms with Gasteiger partial charge in [-0.3, -0.25) is 9.48 Å². The van der Waals surface area contributed by atoms with Crippen molar-refractivity contribution in [3.8, 4) is 0 Å². The Morgan fingerprint density at radius 3 is 2.71 bits per heavy atom. The number of amides is 1. The standard InChI is InChI=1S/C13H17N5O3/c1-7(2)17-10(19)6-14-11-8-5-16-18(3)12(8)15-4-9(11)13(20)21/h4-5,7H,6H2,1-3H3,(H,14,15)(H,17,19)(H,20,21). The van der Waals surface area contributed by atoms with Crippen molar-refractivity contribution in [1.82, 2.24) is 20.1 Å². The molecule has 8 nitrogen and oxygen atoms in total. The maximum absolute atomic E-state index is 11.7. The molecule has 1 amide bonds. The minimum absolute atomic E-state index is 0.00727. The maximum Gasteiger partial charge on any atom is 0.339 e. The highest BCUT2D eigenvalue weighted by Crippen LogP contribution is 2.25. The number of nitrogens with one attached hydrogen (secondary N) is 2. The Hall–Kier alpha value is -2.64. The van der Waals surface area contributed by atoms with Gasteiger partial charge in [-0.2, -0.15) is 5.10 Å². The zero-order chi connectivity index (χ0) is 15.6. The number of carboxylic acid groups (broad SMARTS) is 1. The van der Waals surface area contributed by atoms with Gasteiger partial charge in [-0.25, -0.2) is 9.78 Å². The van der Waals surface area contributed by atoms with Gasteiger partial charge in [-0.1, -0.05) is 0 Å². The average molecular weight is 291 g/mol. The number of carbonyl (C=O) groups is 2. The lowest BCUT2D eigenvalue weighted by atomic mass is 10.2. The fraction of sp³-hybridized carbons (Fsp3) is 0.385. The molecule has 21 heavy (non-hydrogen) atoms. The van der Waals surface area contributed by atoms with E-state index in [1.807, 2.05) is 13.8 Å². The molecule has 0 aromatic carbocycles. The Balaban J connectivity index is 2.33. The van der Waals surface area contributed by atoms with Crippen molar-refractivity contribution in [1.29, 1.82) is 0 Å². The van der Waals surface area contributed by atoms with Crippen LogP contribution in [-0.4, -0.2) is 44.3 Å². The number of aromatic nitrogens is 3. The number of nitrogens with zero attached hydrogens (tertiary/aromatic N) is 3. The van der Waals surface area contributed by atoms with Crippen LogP contribution in [0.1, 0.15) is 24.2 Å². The van der Waals surface area contributed by atoms with Crippen molar-refractivity contribution >= 4 is 28.6 Å². The number of aromatic carboxylic acids is 1. The molecule has 3 N–H and O–H groups in total. The molecule has 0 spiro atoms. The van der Waals surface area contributed by atoms with E-state index in [2.05, 4.69) is 20.7 Å². The third-order valence-corrected chi connectivity index (χ3v) is 2.87. The van der Waals surface area contributed by atoms with Crippen molar-refractivity contribution in [2.75, 3.05) is 11.9 Å². The third kappa shape index (κ3) is 3.10. The summed E-state index contributed by atoms with van der Waals surface area (Å²) in [6.07, 6.45) is 2.78. The molecule has 0 radical (unpaired) electrons. The van der Waals surface area contributed by atoms with Crippen molar-refractivity contribution in [2.24, 2.45) is 7.05 Å². The van der Waals surface area contributed by atoms with Crippen LogP contribution in [0.15, 0.2) is 12.4 Å². The van der Waals surface area contributed by atoms with E-state index in [9.17, 15) is 14.7 Å². The second kappa shape index (κ2) is 5.78. The van der Waals surface area contributed by atoms with E-state index in [1.54, 1.807) is 11.7 Å². The Bertz CT molecular complexity index is 692. The normalized spacial score (nSPS) is 10.9. The average Bonchev–Trinajstić information content (AvgIpc) is 2.77. The molecule has 0 aliphatic carbocycles. The second-order valence-corrected chi connectivity index (χ2v) is 4.93. The molecule has 0 fully saturated rings. The molecular weight excluding hydrogens is 274 g/mol. The molecule has 0 unspecified atom stereocenters. The zero-order valence-corrected chi connectivity index (χ0v) is 12.0. The van der Waals surface area contributed by atoms with Crippen LogP contribution >= 0.6 is 0 Å². The molecule has 2 aromatic heterocycles. The maximum atomic E-state index is 11.7. The Morgan fingerprint density at radius 1 is 1.38 bits per heavy atom. The second-order valence-electron chi connectivity index (χ2n) is 4.93. The minimum Gasteiger partial charge on any atom is -0.478 e. The van der Waals surface area contributed by atoms with Gasteiger partial charge < -0.3 is 15.7 Å². The van der Waals surface area contributed by atoms with E-state index in [-0.39, 0.29) is 24.1 Å². The van der Waals surface area contributed by atoms with E-state index >= 15 is 0 Å². The van der Waals surface area contributed by atoms with Gasteiger partial charge in [0.25, 0.3) is 0 Å². The summed E-state index contributed by atoms with van der Waals surface area (Å²) in [7, 11) is 1.71. The number of rotatable bonds is 5. The van der Waals surface area contributed by atoms with Crippen LogP contribution in [0.4, 0.5) is 5.69 Å². The molecule has 0 atom stereocenters. The summed E-state index contributed by atoms with van der Waals surface area (Å²) in [6.45, 7) is 3.69. The smallest absolute Gasteiger partial charge is 0.339 e. The molecule has 112 valence electrons. The molecule has 0 saturated carbocycles. The van der Waals surface area contributed by atoms with Gasteiger partial charge in [0.2, 0.25) is 5.91 Å². The topological polar surface area (TPSA) is 109 Å². The van der Waals surface area contributed by atoms with Crippen molar-refractivity contribution in [2.45, 2.75) is 19.9 Å². The first-order valence-corrected chi connectivity index (χ1v) is 6.47. The molecule has 0 aliphatic heterocycles. The van der Waals surface area contributed by atoms with Crippen molar-refractivity contribution in [3.05, 3.63) is 18.0 Å². The van der Waals surface area contributed by atoms with Crippen LogP contribution in [0, 0.1) is 0 Å². The van der Waals surface area contributed by atoms with Crippen LogP contribution in [0.3, 0.4) is 0 Å². The van der Waals surface area contributed by atoms with Gasteiger partial charge in [-0.15, -0.1) is 0 Å². The zero-order valence-electron chi connectivity index (χ0n) is 12.0. The summed E-state index contributed by atoms with van der Waals surface area (Å²) in [5, 5.41) is 19.5. The summed E-state index contributed by atoms with van der Waals surface area (Å²) in [5.74, 6) is -1.32. The number of hydrogen-bond donors (Lipinski definition) is 3. The summed E-state index contributed by atoms with van der Waals surface area (Å²) in [4.78, 5) is 27.1. The first-order chi connectivity index (χ1) is 9.90. The van der Waals surface area contributed by atoms with E-state index < -0.39 is 5.97 Å². The number of carbonyl (C=O) groups excluding carboxylic acids is 1. The molecule has 0 saturated heterocycles. The first kappa shape index (κ1) is 14.8. The van der Waals surface area contributed by atoms with Crippen LogP contribution in [-0.2, 0) is 11.8 Å². The van der Waals surface area contributed by atoms with Gasteiger partial charge in [0, 0.05) is 19.3 Å². The molecule has 0 aliphatic rings. The SMILES string of the molecule is CC(C)NC(=O)CNc1c(C(=O)O)cnc2c1cnn2C. The third-order valence-electron chi connectivity index (χ3n) is 2.87. The van der Waals surface area contributed by atoms with Gasteiger partial charge in [0.15, 0.2) is 5.65 Å². The number of aryl methyl sites for hydroxylation is 1. The van der Waals surface area contributed by atoms with Crippen molar-refractivity contribution < 1.29 is 14.7 Å². The predicted molar refractivity (Wildman–Crippen MR) is 77.2 cm³/mol. The summed E-state index contributed by atoms with van der Waals surface area (Å²) >= 11 is 0. The lowest BCUT2D eigenvalue weighted by molar-refractivity contribution is -0.119. The molecule has 2 rings (SSSR count). The first-order valence-electron chi connectivity index (χ1n) is 6.47. The highest BCUT2D eigenvalue weighted by atomic mass is 16.4. The van der Waals surface area contributed by atoms with Crippen LogP contribution in [0.25, 0.3) is 11.0 Å². The fourth-order valence-corrected chi connectivity index (χ4v) is 1.99. The molecule has 2 heterocycles. The lowest BCUT2D eigenvalue weighted by Crippen LogP contribution is -2.35. The lowest BCUT2D eigenvalue weighted by Gasteiger charge is -2.12. The minimum atomic E-state index is -1.11. The molecular formula is C13H17N5O3. The molecule has 8 heteroatoms.